The summed E-state index contributed by atoms with van der Waals surface area (Å²) in [6.45, 7) is 15.0. The van der Waals surface area contributed by atoms with Crippen molar-refractivity contribution in [3.63, 3.8) is 0 Å². The minimum atomic E-state index is -0.919. The Kier molecular flexibility index (Phi) is 5.32. The highest BCUT2D eigenvalue weighted by atomic mass is 16.4. The second kappa shape index (κ2) is 7.44. The van der Waals surface area contributed by atoms with E-state index in [0.717, 1.165) is 44.1 Å². The third kappa shape index (κ3) is 2.79. The van der Waals surface area contributed by atoms with Gasteiger partial charge in [-0.2, -0.15) is 0 Å². The van der Waals surface area contributed by atoms with Crippen LogP contribution in [0.3, 0.4) is 0 Å². The molecule has 0 aromatic heterocycles. The molecule has 0 saturated heterocycles. The van der Waals surface area contributed by atoms with E-state index in [1.54, 1.807) is 0 Å². The minimum absolute atomic E-state index is 0.0669. The summed E-state index contributed by atoms with van der Waals surface area (Å²) in [5.41, 5.74) is -1.58. The Bertz CT molecular complexity index is 997. The number of rotatable bonds is 3. The number of hydrogen-bond donors (Lipinski definition) is 2. The molecule has 0 spiro atoms. The Morgan fingerprint density at radius 3 is 2.14 bits per heavy atom. The van der Waals surface area contributed by atoms with Crippen molar-refractivity contribution in [2.24, 2.45) is 56.7 Å². The molecular weight excluding hydrogens is 440 g/mol. The SMILES string of the molecule is C=C(C)[C@@H]1CC[C@]2(C(=O)O)CC[C@]3(C(=O)O)[C@H](CCC4[C@@]5(C)CCC(=O)C(C)(C)C5CC[C@]43C)C12. The molecule has 0 aromatic carbocycles. The Hall–Kier alpha value is -1.65. The number of carboxylic acids is 2. The van der Waals surface area contributed by atoms with Crippen molar-refractivity contribution in [3.8, 4) is 0 Å². The first kappa shape index (κ1) is 25.0. The molecule has 2 N–H and O–H groups in total. The average Bonchev–Trinajstić information content (AvgIpc) is 3.18. The van der Waals surface area contributed by atoms with Crippen LogP contribution in [-0.4, -0.2) is 27.9 Å². The van der Waals surface area contributed by atoms with Crippen LogP contribution in [0.5, 0.6) is 0 Å². The summed E-state index contributed by atoms with van der Waals surface area (Å²) < 4.78 is 0. The van der Waals surface area contributed by atoms with E-state index in [-0.39, 0.29) is 40.4 Å². The summed E-state index contributed by atoms with van der Waals surface area (Å²) >= 11 is 0. The smallest absolute Gasteiger partial charge is 0.310 e. The third-order valence-electron chi connectivity index (χ3n) is 13.0. The lowest BCUT2D eigenvalue weighted by Crippen LogP contribution is -2.69. The molecule has 0 radical (unpaired) electrons. The number of carbonyl (C=O) groups excluding carboxylic acids is 1. The standard InChI is InChI=1S/C30H44O5/c1-17(2)18-9-14-29(24(32)33)15-16-30(25(34)35)19(23(18)29)7-8-21-27(5)12-11-22(31)26(3,4)20(27)10-13-28(21,30)6/h18-21,23H,1,7-16H2,2-6H3,(H,32,33)(H,34,35)/t18-,19+,20?,21?,23?,27-,28+,29-,30+/m0/s1. The summed E-state index contributed by atoms with van der Waals surface area (Å²) in [5, 5.41) is 21.6. The van der Waals surface area contributed by atoms with E-state index in [1.165, 1.54) is 0 Å². The molecule has 194 valence electrons. The van der Waals surface area contributed by atoms with E-state index in [9.17, 15) is 24.6 Å². The lowest BCUT2D eigenvalue weighted by Gasteiger charge is -2.71. The van der Waals surface area contributed by atoms with Crippen LogP contribution >= 0.6 is 0 Å². The van der Waals surface area contributed by atoms with Crippen LogP contribution in [0.1, 0.15) is 98.8 Å². The van der Waals surface area contributed by atoms with Crippen molar-refractivity contribution in [1.82, 2.24) is 0 Å². The Labute approximate surface area is 210 Å². The normalized spacial score (nSPS) is 50.3. The van der Waals surface area contributed by atoms with Crippen molar-refractivity contribution in [2.45, 2.75) is 98.8 Å². The van der Waals surface area contributed by atoms with Gasteiger partial charge >= 0.3 is 11.9 Å². The molecule has 5 saturated carbocycles. The third-order valence-corrected chi connectivity index (χ3v) is 13.0. The van der Waals surface area contributed by atoms with Crippen LogP contribution < -0.4 is 0 Å². The maximum atomic E-state index is 13.5. The zero-order valence-electron chi connectivity index (χ0n) is 22.3. The first-order chi connectivity index (χ1) is 16.2. The predicted octanol–water partition coefficient (Wildman–Crippen LogP) is 6.36. The summed E-state index contributed by atoms with van der Waals surface area (Å²) in [4.78, 5) is 39.2. The Morgan fingerprint density at radius 2 is 1.54 bits per heavy atom. The summed E-state index contributed by atoms with van der Waals surface area (Å²) in [6, 6.07) is 0. The van der Waals surface area contributed by atoms with E-state index >= 15 is 0 Å². The lowest BCUT2D eigenvalue weighted by atomic mass is 9.32. The quantitative estimate of drug-likeness (QED) is 0.455. The summed E-state index contributed by atoms with van der Waals surface area (Å²) in [5.74, 6) is -0.819. The van der Waals surface area contributed by atoms with Crippen LogP contribution in [0.2, 0.25) is 0 Å². The molecule has 5 nitrogen and oxygen atoms in total. The largest absolute Gasteiger partial charge is 0.481 e. The van der Waals surface area contributed by atoms with Crippen LogP contribution in [0.25, 0.3) is 0 Å². The van der Waals surface area contributed by atoms with Gasteiger partial charge in [0.2, 0.25) is 0 Å². The highest BCUT2D eigenvalue weighted by Crippen LogP contribution is 2.77. The van der Waals surface area contributed by atoms with Crippen LogP contribution in [0, 0.1) is 56.7 Å². The molecule has 0 heterocycles. The number of aliphatic carboxylic acids is 2. The molecule has 9 atom stereocenters. The van der Waals surface area contributed by atoms with Gasteiger partial charge in [-0.1, -0.05) is 39.8 Å². The summed E-state index contributed by atoms with van der Waals surface area (Å²) in [6.07, 6.45) is 7.15. The van der Waals surface area contributed by atoms with Crippen molar-refractivity contribution in [1.29, 1.82) is 0 Å². The van der Waals surface area contributed by atoms with Crippen molar-refractivity contribution >= 4 is 17.7 Å². The Balaban J connectivity index is 1.64. The number of carboxylic acid groups (broad SMARTS) is 2. The molecule has 0 amide bonds. The number of Topliss-reactive ketones (excluding diaryl/α,β-unsaturated/α-hetero) is 1. The van der Waals surface area contributed by atoms with Crippen molar-refractivity contribution < 1.29 is 24.6 Å². The molecule has 0 bridgehead atoms. The predicted molar refractivity (Wildman–Crippen MR) is 134 cm³/mol. The van der Waals surface area contributed by atoms with Gasteiger partial charge in [0, 0.05) is 11.8 Å². The number of fused-ring (bicyclic) bond motifs is 7. The lowest BCUT2D eigenvalue weighted by molar-refractivity contribution is -0.245. The molecule has 5 heteroatoms. The second-order valence-corrected chi connectivity index (χ2v) is 14.2. The fraction of sp³-hybridized carbons (Fsp3) is 0.833. The van der Waals surface area contributed by atoms with E-state index in [4.69, 9.17) is 0 Å². The number of ketones is 1. The van der Waals surface area contributed by atoms with Gasteiger partial charge in [0.05, 0.1) is 10.8 Å². The molecule has 0 aromatic rings. The zero-order valence-corrected chi connectivity index (χ0v) is 22.3. The number of hydrogen-bond acceptors (Lipinski definition) is 3. The van der Waals surface area contributed by atoms with Gasteiger partial charge in [-0.15, -0.1) is 0 Å². The van der Waals surface area contributed by atoms with Gasteiger partial charge in [0.15, 0.2) is 0 Å². The van der Waals surface area contributed by atoms with Crippen molar-refractivity contribution in [3.05, 3.63) is 12.2 Å². The highest BCUT2D eigenvalue weighted by molar-refractivity contribution is 5.85. The fourth-order valence-corrected chi connectivity index (χ4v) is 11.4. The number of carbonyl (C=O) groups is 3. The molecule has 5 aliphatic rings. The van der Waals surface area contributed by atoms with E-state index < -0.39 is 28.2 Å². The maximum Gasteiger partial charge on any atom is 0.310 e. The van der Waals surface area contributed by atoms with E-state index in [0.29, 0.717) is 31.5 Å². The van der Waals surface area contributed by atoms with Crippen molar-refractivity contribution in [2.75, 3.05) is 0 Å². The van der Waals surface area contributed by atoms with Crippen LogP contribution in [0.15, 0.2) is 12.2 Å². The van der Waals surface area contributed by atoms with Gasteiger partial charge in [-0.3, -0.25) is 14.4 Å². The number of allylic oxidation sites excluding steroid dienone is 1. The Morgan fingerprint density at radius 1 is 0.857 bits per heavy atom. The van der Waals surface area contributed by atoms with Crippen LogP contribution in [-0.2, 0) is 14.4 Å². The van der Waals surface area contributed by atoms with Gasteiger partial charge < -0.3 is 10.2 Å². The minimum Gasteiger partial charge on any atom is -0.481 e. The monoisotopic (exact) mass is 484 g/mol. The average molecular weight is 485 g/mol. The highest BCUT2D eigenvalue weighted by Gasteiger charge is 2.75. The van der Waals surface area contributed by atoms with Gasteiger partial charge in [0.25, 0.3) is 0 Å². The zero-order chi connectivity index (χ0) is 25.8. The first-order valence-corrected chi connectivity index (χ1v) is 13.9. The maximum absolute atomic E-state index is 13.5. The second-order valence-electron chi connectivity index (χ2n) is 14.2. The molecule has 3 unspecified atom stereocenters. The van der Waals surface area contributed by atoms with Gasteiger partial charge in [-0.05, 0) is 105 Å². The van der Waals surface area contributed by atoms with Crippen LogP contribution in [0.4, 0.5) is 0 Å². The summed E-state index contributed by atoms with van der Waals surface area (Å²) in [7, 11) is 0. The first-order valence-electron chi connectivity index (χ1n) is 13.9. The fourth-order valence-electron chi connectivity index (χ4n) is 11.4. The molecule has 5 fully saturated rings. The molecule has 0 aliphatic heterocycles. The van der Waals surface area contributed by atoms with Gasteiger partial charge in [0.1, 0.15) is 5.78 Å². The molecule has 35 heavy (non-hydrogen) atoms. The molecule has 5 rings (SSSR count). The topological polar surface area (TPSA) is 91.7 Å². The molecule has 5 aliphatic carbocycles. The van der Waals surface area contributed by atoms with E-state index in [1.807, 2.05) is 6.92 Å². The van der Waals surface area contributed by atoms with E-state index in [2.05, 4.69) is 34.3 Å². The van der Waals surface area contributed by atoms with Gasteiger partial charge in [-0.25, -0.2) is 0 Å². The molecular formula is C30H44O5.